The molecule has 1 N–H and O–H groups in total. The molecule has 0 fully saturated rings. The fraction of sp³-hybridized carbons (Fsp3) is 0.222. The van der Waals surface area contributed by atoms with Crippen LogP contribution < -0.4 is 5.32 Å². The first-order valence-electron chi connectivity index (χ1n) is 7.06. The first-order chi connectivity index (χ1) is 9.92. The van der Waals surface area contributed by atoms with Gasteiger partial charge in [-0.3, -0.25) is 0 Å². The van der Waals surface area contributed by atoms with Crippen LogP contribution in [0.2, 0.25) is 0 Å². The SMILES string of the molecule is C=COCCCNC1c2ccccc2-c2ccccc21. The van der Waals surface area contributed by atoms with E-state index in [0.717, 1.165) is 13.0 Å². The van der Waals surface area contributed by atoms with Crippen molar-refractivity contribution in [2.75, 3.05) is 13.2 Å². The molecule has 1 aliphatic rings. The Bertz CT molecular complexity index is 560. The molecule has 0 heterocycles. The normalized spacial score (nSPS) is 12.8. The fourth-order valence-corrected chi connectivity index (χ4v) is 2.86. The maximum absolute atomic E-state index is 5.16. The smallest absolute Gasteiger partial charge is 0.0885 e. The average molecular weight is 265 g/mol. The summed E-state index contributed by atoms with van der Waals surface area (Å²) in [5.41, 5.74) is 5.45. The molecule has 0 bridgehead atoms. The molecule has 2 nitrogen and oxygen atoms in total. The number of hydrogen-bond acceptors (Lipinski definition) is 2. The van der Waals surface area contributed by atoms with Gasteiger partial charge in [0.15, 0.2) is 0 Å². The molecule has 0 radical (unpaired) electrons. The van der Waals surface area contributed by atoms with Gasteiger partial charge in [0.1, 0.15) is 0 Å². The predicted molar refractivity (Wildman–Crippen MR) is 82.5 cm³/mol. The van der Waals surface area contributed by atoms with E-state index < -0.39 is 0 Å². The predicted octanol–water partition coefficient (Wildman–Crippen LogP) is 3.90. The van der Waals surface area contributed by atoms with Gasteiger partial charge in [-0.1, -0.05) is 55.1 Å². The van der Waals surface area contributed by atoms with Gasteiger partial charge in [-0.2, -0.15) is 0 Å². The summed E-state index contributed by atoms with van der Waals surface area (Å²) in [4.78, 5) is 0. The van der Waals surface area contributed by atoms with Crippen LogP contribution in [0.1, 0.15) is 23.6 Å². The molecule has 0 atom stereocenters. The lowest BCUT2D eigenvalue weighted by molar-refractivity contribution is 0.244. The van der Waals surface area contributed by atoms with E-state index in [2.05, 4.69) is 60.4 Å². The maximum Gasteiger partial charge on any atom is 0.0885 e. The van der Waals surface area contributed by atoms with Crippen molar-refractivity contribution < 1.29 is 4.74 Å². The van der Waals surface area contributed by atoms with Crippen LogP contribution in [0.5, 0.6) is 0 Å². The Morgan fingerprint density at radius 1 is 1.00 bits per heavy atom. The van der Waals surface area contributed by atoms with Crippen molar-refractivity contribution >= 4 is 0 Å². The van der Waals surface area contributed by atoms with Crippen LogP contribution in [0.25, 0.3) is 11.1 Å². The highest BCUT2D eigenvalue weighted by molar-refractivity contribution is 5.78. The van der Waals surface area contributed by atoms with Crippen LogP contribution in [0.4, 0.5) is 0 Å². The first kappa shape index (κ1) is 12.9. The van der Waals surface area contributed by atoms with Crippen LogP contribution in [0.15, 0.2) is 61.4 Å². The van der Waals surface area contributed by atoms with Crippen molar-refractivity contribution in [3.8, 4) is 11.1 Å². The number of fused-ring (bicyclic) bond motifs is 3. The van der Waals surface area contributed by atoms with Gasteiger partial charge in [0, 0.05) is 0 Å². The lowest BCUT2D eigenvalue weighted by Crippen LogP contribution is -2.22. The van der Waals surface area contributed by atoms with Gasteiger partial charge in [0.25, 0.3) is 0 Å². The summed E-state index contributed by atoms with van der Waals surface area (Å²) < 4.78 is 5.16. The number of hydrogen-bond donors (Lipinski definition) is 1. The van der Waals surface area contributed by atoms with Gasteiger partial charge in [-0.05, 0) is 35.2 Å². The second kappa shape index (κ2) is 5.93. The summed E-state index contributed by atoms with van der Waals surface area (Å²) in [6.45, 7) is 5.20. The second-order valence-electron chi connectivity index (χ2n) is 4.95. The van der Waals surface area contributed by atoms with Gasteiger partial charge in [0.2, 0.25) is 0 Å². The van der Waals surface area contributed by atoms with Gasteiger partial charge < -0.3 is 10.1 Å². The molecule has 3 rings (SSSR count). The van der Waals surface area contributed by atoms with E-state index >= 15 is 0 Å². The summed E-state index contributed by atoms with van der Waals surface area (Å²) in [7, 11) is 0. The van der Waals surface area contributed by atoms with Gasteiger partial charge in [0.05, 0.1) is 18.9 Å². The first-order valence-corrected chi connectivity index (χ1v) is 7.06. The van der Waals surface area contributed by atoms with Crippen molar-refractivity contribution in [2.24, 2.45) is 0 Å². The third-order valence-corrected chi connectivity index (χ3v) is 3.74. The van der Waals surface area contributed by atoms with E-state index in [-0.39, 0.29) is 0 Å². The minimum atomic E-state index is 0.297. The van der Waals surface area contributed by atoms with Gasteiger partial charge in [-0.25, -0.2) is 0 Å². The molecule has 2 aromatic carbocycles. The average Bonchev–Trinajstić information content (AvgIpc) is 2.82. The topological polar surface area (TPSA) is 21.3 Å². The van der Waals surface area contributed by atoms with Crippen LogP contribution in [0.3, 0.4) is 0 Å². The van der Waals surface area contributed by atoms with Crippen molar-refractivity contribution in [3.05, 3.63) is 72.5 Å². The molecule has 102 valence electrons. The molecule has 2 heteroatoms. The number of rotatable bonds is 6. The van der Waals surface area contributed by atoms with E-state index in [4.69, 9.17) is 4.74 Å². The van der Waals surface area contributed by atoms with Crippen LogP contribution in [-0.2, 0) is 4.74 Å². The summed E-state index contributed by atoms with van der Waals surface area (Å²) >= 11 is 0. The molecular weight excluding hydrogens is 246 g/mol. The Labute approximate surface area is 120 Å². The Morgan fingerprint density at radius 2 is 1.60 bits per heavy atom. The number of benzene rings is 2. The minimum Gasteiger partial charge on any atom is -0.502 e. The van der Waals surface area contributed by atoms with E-state index in [1.165, 1.54) is 28.5 Å². The zero-order valence-corrected chi connectivity index (χ0v) is 11.5. The third-order valence-electron chi connectivity index (χ3n) is 3.74. The Kier molecular flexibility index (Phi) is 3.84. The second-order valence-corrected chi connectivity index (χ2v) is 4.95. The minimum absolute atomic E-state index is 0.297. The van der Waals surface area contributed by atoms with Crippen LogP contribution >= 0.6 is 0 Å². The van der Waals surface area contributed by atoms with E-state index in [1.54, 1.807) is 0 Å². The molecule has 20 heavy (non-hydrogen) atoms. The van der Waals surface area contributed by atoms with Gasteiger partial charge in [-0.15, -0.1) is 0 Å². The van der Waals surface area contributed by atoms with Crippen molar-refractivity contribution in [1.29, 1.82) is 0 Å². The Balaban J connectivity index is 1.78. The molecule has 1 aliphatic carbocycles. The highest BCUT2D eigenvalue weighted by Crippen LogP contribution is 2.42. The molecule has 0 aromatic heterocycles. The van der Waals surface area contributed by atoms with E-state index in [1.807, 2.05) is 0 Å². The van der Waals surface area contributed by atoms with E-state index in [0.29, 0.717) is 12.6 Å². The highest BCUT2D eigenvalue weighted by Gasteiger charge is 2.26. The van der Waals surface area contributed by atoms with Gasteiger partial charge >= 0.3 is 0 Å². The molecular formula is C18H19NO. The monoisotopic (exact) mass is 265 g/mol. The van der Waals surface area contributed by atoms with Crippen molar-refractivity contribution in [3.63, 3.8) is 0 Å². The van der Waals surface area contributed by atoms with Crippen LogP contribution in [-0.4, -0.2) is 13.2 Å². The maximum atomic E-state index is 5.16. The third kappa shape index (κ3) is 2.35. The zero-order chi connectivity index (χ0) is 13.8. The molecule has 0 saturated carbocycles. The standard InChI is InChI=1S/C18H19NO/c1-2-20-13-7-12-19-18-16-10-5-3-8-14(16)15-9-4-6-11-17(15)18/h2-6,8-11,18-19H,1,7,12-13H2. The summed E-state index contributed by atoms with van der Waals surface area (Å²) in [5, 5.41) is 3.64. The Hall–Kier alpha value is -2.06. The molecule has 0 unspecified atom stereocenters. The lowest BCUT2D eigenvalue weighted by atomic mass is 10.1. The number of ether oxygens (including phenoxy) is 1. The fourth-order valence-electron chi connectivity index (χ4n) is 2.86. The Morgan fingerprint density at radius 3 is 2.20 bits per heavy atom. The molecule has 0 aliphatic heterocycles. The summed E-state index contributed by atoms with van der Waals surface area (Å²) in [6, 6.07) is 17.6. The zero-order valence-electron chi connectivity index (χ0n) is 11.5. The molecule has 0 saturated heterocycles. The summed E-state index contributed by atoms with van der Waals surface area (Å²) in [6.07, 6.45) is 2.48. The lowest BCUT2D eigenvalue weighted by Gasteiger charge is -2.15. The molecule has 0 amide bonds. The molecule has 0 spiro atoms. The number of nitrogens with one attached hydrogen (secondary N) is 1. The highest BCUT2D eigenvalue weighted by atomic mass is 16.5. The molecule has 2 aromatic rings. The van der Waals surface area contributed by atoms with Crippen LogP contribution in [0, 0.1) is 0 Å². The quantitative estimate of drug-likeness (QED) is 0.632. The van der Waals surface area contributed by atoms with E-state index in [9.17, 15) is 0 Å². The van der Waals surface area contributed by atoms with Crippen molar-refractivity contribution in [2.45, 2.75) is 12.5 Å². The summed E-state index contributed by atoms with van der Waals surface area (Å²) in [5.74, 6) is 0. The van der Waals surface area contributed by atoms with Crippen molar-refractivity contribution in [1.82, 2.24) is 5.32 Å². The largest absolute Gasteiger partial charge is 0.502 e.